The van der Waals surface area contributed by atoms with Gasteiger partial charge in [-0.3, -0.25) is 14.7 Å². The summed E-state index contributed by atoms with van der Waals surface area (Å²) in [6.45, 7) is 2.61. The first-order chi connectivity index (χ1) is 14.2. The Hall–Kier alpha value is -2.47. The first-order valence-corrected chi connectivity index (χ1v) is 11.2. The molecule has 0 unspecified atom stereocenters. The van der Waals surface area contributed by atoms with Gasteiger partial charge in [-0.2, -0.15) is 0 Å². The van der Waals surface area contributed by atoms with Crippen LogP contribution in [0.2, 0.25) is 0 Å². The minimum atomic E-state index is 0.0838. The Kier molecular flexibility index (Phi) is 6.09. The zero-order valence-electron chi connectivity index (χ0n) is 17.1. The molecule has 1 aliphatic carbocycles. The lowest BCUT2D eigenvalue weighted by Crippen LogP contribution is -2.36. The number of nitrogens with zero attached hydrogens (tertiary/aromatic N) is 3. The summed E-state index contributed by atoms with van der Waals surface area (Å²) >= 11 is 1.60. The molecule has 1 aromatic carbocycles. The lowest BCUT2D eigenvalue weighted by atomic mass is 9.88. The molecule has 2 aromatic heterocycles. The van der Waals surface area contributed by atoms with Crippen LogP contribution in [-0.4, -0.2) is 23.0 Å². The van der Waals surface area contributed by atoms with Gasteiger partial charge in [0, 0.05) is 12.1 Å². The normalized spacial score (nSPS) is 14.8. The van der Waals surface area contributed by atoms with E-state index in [0.717, 1.165) is 53.0 Å². The Morgan fingerprint density at radius 1 is 1.17 bits per heavy atom. The summed E-state index contributed by atoms with van der Waals surface area (Å²) in [6.07, 6.45) is 9.89. The van der Waals surface area contributed by atoms with E-state index in [1.807, 2.05) is 11.0 Å². The van der Waals surface area contributed by atoms with Crippen LogP contribution < -0.4 is 9.64 Å². The molecule has 1 fully saturated rings. The van der Waals surface area contributed by atoms with Crippen LogP contribution in [0, 0.1) is 5.92 Å². The van der Waals surface area contributed by atoms with Crippen LogP contribution in [0.5, 0.6) is 5.75 Å². The topological polar surface area (TPSA) is 55.3 Å². The third-order valence-electron chi connectivity index (χ3n) is 5.65. The molecule has 29 heavy (non-hydrogen) atoms. The highest BCUT2D eigenvalue weighted by molar-refractivity contribution is 7.22. The van der Waals surface area contributed by atoms with E-state index >= 15 is 0 Å². The highest BCUT2D eigenvalue weighted by Gasteiger charge is 2.29. The number of ether oxygens (including phenoxy) is 1. The minimum Gasteiger partial charge on any atom is -0.495 e. The Morgan fingerprint density at radius 3 is 2.76 bits per heavy atom. The molecule has 0 saturated heterocycles. The number of aromatic nitrogens is 2. The monoisotopic (exact) mass is 409 g/mol. The van der Waals surface area contributed by atoms with Crippen molar-refractivity contribution in [3.63, 3.8) is 0 Å². The van der Waals surface area contributed by atoms with Gasteiger partial charge in [0.2, 0.25) is 5.91 Å². The summed E-state index contributed by atoms with van der Waals surface area (Å²) < 4.78 is 6.44. The fraction of sp³-hybridized carbons (Fsp3) is 0.435. The summed E-state index contributed by atoms with van der Waals surface area (Å²) in [4.78, 5) is 24.4. The SMILES string of the molecule is CCc1ccc2nc(N(Cc3cncc(OC)c3)C(=O)C3CCCCC3)sc2c1. The van der Waals surface area contributed by atoms with Crippen molar-refractivity contribution < 1.29 is 9.53 Å². The number of hydrogen-bond donors (Lipinski definition) is 0. The van der Waals surface area contributed by atoms with E-state index in [-0.39, 0.29) is 11.8 Å². The molecule has 1 saturated carbocycles. The zero-order chi connectivity index (χ0) is 20.2. The van der Waals surface area contributed by atoms with Gasteiger partial charge in [0.1, 0.15) is 5.75 Å². The smallest absolute Gasteiger partial charge is 0.232 e. The van der Waals surface area contributed by atoms with E-state index in [4.69, 9.17) is 9.72 Å². The third-order valence-corrected chi connectivity index (χ3v) is 6.69. The lowest BCUT2D eigenvalue weighted by Gasteiger charge is -2.27. The molecule has 0 atom stereocenters. The summed E-state index contributed by atoms with van der Waals surface area (Å²) in [6, 6.07) is 8.30. The number of rotatable bonds is 6. The maximum atomic E-state index is 13.5. The molecule has 3 aromatic rings. The van der Waals surface area contributed by atoms with Gasteiger partial charge in [-0.15, -0.1) is 0 Å². The number of methoxy groups -OCH3 is 1. The first kappa shape index (κ1) is 19.8. The summed E-state index contributed by atoms with van der Waals surface area (Å²) in [5, 5.41) is 0.770. The van der Waals surface area contributed by atoms with E-state index < -0.39 is 0 Å². The fourth-order valence-corrected chi connectivity index (χ4v) is 4.98. The van der Waals surface area contributed by atoms with Crippen LogP contribution in [0.3, 0.4) is 0 Å². The van der Waals surface area contributed by atoms with E-state index in [2.05, 4.69) is 30.1 Å². The van der Waals surface area contributed by atoms with Crippen LogP contribution in [-0.2, 0) is 17.8 Å². The highest BCUT2D eigenvalue weighted by atomic mass is 32.1. The van der Waals surface area contributed by atoms with Crippen molar-refractivity contribution in [3.8, 4) is 5.75 Å². The molecule has 5 nitrogen and oxygen atoms in total. The van der Waals surface area contributed by atoms with Crippen LogP contribution in [0.1, 0.15) is 50.2 Å². The molecule has 0 N–H and O–H groups in total. The second-order valence-electron chi connectivity index (χ2n) is 7.64. The van der Waals surface area contributed by atoms with Gasteiger partial charge in [-0.25, -0.2) is 4.98 Å². The number of amides is 1. The molecule has 4 rings (SSSR count). The number of benzene rings is 1. The molecule has 0 aliphatic heterocycles. The van der Waals surface area contributed by atoms with Crippen molar-refractivity contribution in [3.05, 3.63) is 47.8 Å². The molecule has 0 spiro atoms. The van der Waals surface area contributed by atoms with Gasteiger partial charge in [0.15, 0.2) is 5.13 Å². The molecular weight excluding hydrogens is 382 g/mol. The zero-order valence-corrected chi connectivity index (χ0v) is 17.9. The minimum absolute atomic E-state index is 0.0838. The number of hydrogen-bond acceptors (Lipinski definition) is 5. The third kappa shape index (κ3) is 4.42. The van der Waals surface area contributed by atoms with Gasteiger partial charge in [0.05, 0.1) is 30.1 Å². The molecule has 1 amide bonds. The maximum absolute atomic E-state index is 13.5. The number of carbonyl (C=O) groups excluding carboxylic acids is 1. The number of fused-ring (bicyclic) bond motifs is 1. The predicted molar refractivity (Wildman–Crippen MR) is 118 cm³/mol. The fourth-order valence-electron chi connectivity index (χ4n) is 3.95. The molecule has 0 bridgehead atoms. The van der Waals surface area contributed by atoms with Crippen molar-refractivity contribution in [2.24, 2.45) is 5.92 Å². The van der Waals surface area contributed by atoms with Crippen LogP contribution >= 0.6 is 11.3 Å². The van der Waals surface area contributed by atoms with Gasteiger partial charge >= 0.3 is 0 Å². The van der Waals surface area contributed by atoms with Gasteiger partial charge in [-0.1, -0.05) is 43.6 Å². The van der Waals surface area contributed by atoms with E-state index in [1.165, 1.54) is 12.0 Å². The average molecular weight is 410 g/mol. The van der Waals surface area contributed by atoms with Crippen molar-refractivity contribution >= 4 is 32.6 Å². The Labute approximate surface area is 175 Å². The van der Waals surface area contributed by atoms with E-state index in [0.29, 0.717) is 12.3 Å². The molecule has 6 heteroatoms. The van der Waals surface area contributed by atoms with Crippen molar-refractivity contribution in [1.82, 2.24) is 9.97 Å². The lowest BCUT2D eigenvalue weighted by molar-refractivity contribution is -0.123. The molecular formula is C23H27N3O2S. The highest BCUT2D eigenvalue weighted by Crippen LogP contribution is 2.34. The second kappa shape index (κ2) is 8.91. The van der Waals surface area contributed by atoms with Crippen molar-refractivity contribution in [2.45, 2.75) is 52.0 Å². The maximum Gasteiger partial charge on any atom is 0.232 e. The largest absolute Gasteiger partial charge is 0.495 e. The van der Waals surface area contributed by atoms with Crippen LogP contribution in [0.15, 0.2) is 36.7 Å². The Morgan fingerprint density at radius 2 is 2.00 bits per heavy atom. The van der Waals surface area contributed by atoms with Gasteiger partial charge in [0.25, 0.3) is 0 Å². The number of pyridine rings is 1. The average Bonchev–Trinajstić information content (AvgIpc) is 3.20. The number of aryl methyl sites for hydroxylation is 1. The number of carbonyl (C=O) groups is 1. The van der Waals surface area contributed by atoms with Crippen LogP contribution in [0.4, 0.5) is 5.13 Å². The number of anilines is 1. The van der Waals surface area contributed by atoms with Crippen molar-refractivity contribution in [2.75, 3.05) is 12.0 Å². The first-order valence-electron chi connectivity index (χ1n) is 10.4. The summed E-state index contributed by atoms with van der Waals surface area (Å²) in [7, 11) is 1.63. The van der Waals surface area contributed by atoms with Crippen LogP contribution in [0.25, 0.3) is 10.2 Å². The van der Waals surface area contributed by atoms with Gasteiger partial charge in [-0.05, 0) is 48.6 Å². The second-order valence-corrected chi connectivity index (χ2v) is 8.65. The van der Waals surface area contributed by atoms with E-state index in [1.54, 1.807) is 30.8 Å². The molecule has 1 aliphatic rings. The van der Waals surface area contributed by atoms with Gasteiger partial charge < -0.3 is 4.74 Å². The number of thiazole rings is 1. The molecule has 152 valence electrons. The molecule has 2 heterocycles. The predicted octanol–water partition coefficient (Wildman–Crippen LogP) is 5.38. The summed E-state index contributed by atoms with van der Waals surface area (Å²) in [5.41, 5.74) is 3.18. The summed E-state index contributed by atoms with van der Waals surface area (Å²) in [5.74, 6) is 0.965. The Balaban J connectivity index is 1.69. The Bertz CT molecular complexity index is 995. The van der Waals surface area contributed by atoms with Crippen molar-refractivity contribution in [1.29, 1.82) is 0 Å². The quantitative estimate of drug-likeness (QED) is 0.549. The molecule has 0 radical (unpaired) electrons. The van der Waals surface area contributed by atoms with E-state index in [9.17, 15) is 4.79 Å². The standard InChI is InChI=1S/C23H27N3O2S/c1-3-16-9-10-20-21(12-16)29-23(25-20)26(22(27)18-7-5-4-6-8-18)15-17-11-19(28-2)14-24-13-17/h9-14,18H,3-8,15H2,1-2H3.